The van der Waals surface area contributed by atoms with Gasteiger partial charge in [0.1, 0.15) is 12.3 Å². The van der Waals surface area contributed by atoms with E-state index in [-0.39, 0.29) is 31.0 Å². The summed E-state index contributed by atoms with van der Waals surface area (Å²) in [5.74, 6) is 0.321. The Kier molecular flexibility index (Phi) is 6.53. The number of nitrogens with zero attached hydrogens (tertiary/aromatic N) is 2. The van der Waals surface area contributed by atoms with E-state index in [2.05, 4.69) is 33.1 Å². The van der Waals surface area contributed by atoms with Gasteiger partial charge in [-0.2, -0.15) is 0 Å². The SMILES string of the molecule is CCCCN1CCC(NC(=O)CN2C(=O)COc3cc(Br)ccc32)CC1. The van der Waals surface area contributed by atoms with Crippen molar-refractivity contribution in [2.45, 2.75) is 38.6 Å². The third kappa shape index (κ3) is 4.76. The minimum Gasteiger partial charge on any atom is -0.482 e. The molecule has 0 unspecified atom stereocenters. The average Bonchev–Trinajstić information content (AvgIpc) is 2.63. The number of hydrogen-bond donors (Lipinski definition) is 1. The number of fused-ring (bicyclic) bond motifs is 1. The van der Waals surface area contributed by atoms with Gasteiger partial charge >= 0.3 is 0 Å². The summed E-state index contributed by atoms with van der Waals surface area (Å²) in [5, 5.41) is 3.10. The van der Waals surface area contributed by atoms with Crippen molar-refractivity contribution in [3.05, 3.63) is 22.7 Å². The molecule has 1 saturated heterocycles. The molecule has 1 aromatic carbocycles. The number of piperidine rings is 1. The number of hydrogen-bond acceptors (Lipinski definition) is 4. The monoisotopic (exact) mass is 423 g/mol. The molecule has 2 heterocycles. The van der Waals surface area contributed by atoms with Crippen molar-refractivity contribution in [2.24, 2.45) is 0 Å². The van der Waals surface area contributed by atoms with Crippen LogP contribution in [0.15, 0.2) is 22.7 Å². The minimum atomic E-state index is -0.190. The molecule has 142 valence electrons. The van der Waals surface area contributed by atoms with Crippen molar-refractivity contribution in [1.29, 1.82) is 0 Å². The molecule has 2 amide bonds. The lowest BCUT2D eigenvalue weighted by atomic mass is 10.0. The number of nitrogens with one attached hydrogen (secondary N) is 1. The molecule has 3 rings (SSSR count). The Morgan fingerprint density at radius 2 is 2.12 bits per heavy atom. The van der Waals surface area contributed by atoms with E-state index >= 15 is 0 Å². The molecule has 1 fully saturated rings. The van der Waals surface area contributed by atoms with E-state index in [1.54, 1.807) is 6.07 Å². The van der Waals surface area contributed by atoms with Crippen LogP contribution in [0.3, 0.4) is 0 Å². The summed E-state index contributed by atoms with van der Waals surface area (Å²) in [6.07, 6.45) is 4.38. The fourth-order valence-corrected chi connectivity index (χ4v) is 3.79. The van der Waals surface area contributed by atoms with Crippen LogP contribution in [0.4, 0.5) is 5.69 Å². The van der Waals surface area contributed by atoms with Gasteiger partial charge < -0.3 is 15.0 Å². The lowest BCUT2D eigenvalue weighted by Crippen LogP contribution is -2.50. The lowest BCUT2D eigenvalue weighted by molar-refractivity contribution is -0.125. The zero-order valence-electron chi connectivity index (χ0n) is 15.2. The Balaban J connectivity index is 1.53. The highest BCUT2D eigenvalue weighted by Crippen LogP contribution is 2.34. The summed E-state index contributed by atoms with van der Waals surface area (Å²) in [6, 6.07) is 5.66. The number of rotatable bonds is 6. The van der Waals surface area contributed by atoms with Crippen LogP contribution in [-0.4, -0.2) is 55.5 Å². The Bertz CT molecular complexity index is 659. The molecular formula is C19H26BrN3O3. The number of likely N-dealkylation sites (tertiary alicyclic amines) is 1. The summed E-state index contributed by atoms with van der Waals surface area (Å²) < 4.78 is 6.34. The van der Waals surface area contributed by atoms with Crippen LogP contribution < -0.4 is 15.0 Å². The zero-order valence-corrected chi connectivity index (χ0v) is 16.8. The number of carbonyl (C=O) groups excluding carboxylic acids is 2. The lowest BCUT2D eigenvalue weighted by Gasteiger charge is -2.33. The quantitative estimate of drug-likeness (QED) is 0.763. The van der Waals surface area contributed by atoms with Gasteiger partial charge in [-0.05, 0) is 44.0 Å². The fourth-order valence-electron chi connectivity index (χ4n) is 3.45. The van der Waals surface area contributed by atoms with Crippen molar-refractivity contribution in [2.75, 3.05) is 37.7 Å². The molecule has 2 aliphatic heterocycles. The van der Waals surface area contributed by atoms with Gasteiger partial charge in [0.25, 0.3) is 5.91 Å². The minimum absolute atomic E-state index is 0.0346. The average molecular weight is 424 g/mol. The zero-order chi connectivity index (χ0) is 18.5. The van der Waals surface area contributed by atoms with Crippen molar-refractivity contribution in [3.8, 4) is 5.75 Å². The van der Waals surface area contributed by atoms with Gasteiger partial charge in [-0.3, -0.25) is 14.5 Å². The molecule has 0 aliphatic carbocycles. The molecule has 6 nitrogen and oxygen atoms in total. The first kappa shape index (κ1) is 19.2. The maximum atomic E-state index is 12.5. The van der Waals surface area contributed by atoms with E-state index in [1.165, 1.54) is 17.7 Å². The van der Waals surface area contributed by atoms with Crippen LogP contribution in [0.25, 0.3) is 0 Å². The summed E-state index contributed by atoms with van der Waals surface area (Å²) in [7, 11) is 0. The summed E-state index contributed by atoms with van der Waals surface area (Å²) in [4.78, 5) is 28.7. The van der Waals surface area contributed by atoms with E-state index in [4.69, 9.17) is 4.74 Å². The first-order chi connectivity index (χ1) is 12.6. The predicted octanol–water partition coefficient (Wildman–Crippen LogP) is 2.56. The first-order valence-electron chi connectivity index (χ1n) is 9.31. The van der Waals surface area contributed by atoms with Gasteiger partial charge in [-0.1, -0.05) is 29.3 Å². The normalized spacial score (nSPS) is 18.4. The van der Waals surface area contributed by atoms with Gasteiger partial charge in [0.15, 0.2) is 6.61 Å². The van der Waals surface area contributed by atoms with Crippen LogP contribution in [0.1, 0.15) is 32.6 Å². The third-order valence-corrected chi connectivity index (χ3v) is 5.44. The second kappa shape index (κ2) is 8.86. The second-order valence-corrected chi connectivity index (χ2v) is 7.83. The molecule has 26 heavy (non-hydrogen) atoms. The number of unbranched alkanes of at least 4 members (excludes halogenated alkanes) is 1. The number of benzene rings is 1. The molecule has 0 saturated carbocycles. The Hall–Kier alpha value is -1.60. The highest BCUT2D eigenvalue weighted by atomic mass is 79.9. The van der Waals surface area contributed by atoms with Gasteiger partial charge in [-0.15, -0.1) is 0 Å². The topological polar surface area (TPSA) is 61.9 Å². The maximum Gasteiger partial charge on any atom is 0.265 e. The van der Waals surface area contributed by atoms with Crippen LogP contribution in [-0.2, 0) is 9.59 Å². The first-order valence-corrected chi connectivity index (χ1v) is 10.1. The molecule has 1 aromatic rings. The predicted molar refractivity (Wildman–Crippen MR) is 105 cm³/mol. The van der Waals surface area contributed by atoms with Crippen LogP contribution >= 0.6 is 15.9 Å². The molecule has 0 bridgehead atoms. The van der Waals surface area contributed by atoms with Crippen molar-refractivity contribution in [3.63, 3.8) is 0 Å². The van der Waals surface area contributed by atoms with Gasteiger partial charge in [0.05, 0.1) is 5.69 Å². The smallest absolute Gasteiger partial charge is 0.265 e. The molecule has 0 aromatic heterocycles. The summed E-state index contributed by atoms with van der Waals surface area (Å²) >= 11 is 3.40. The largest absolute Gasteiger partial charge is 0.482 e. The number of carbonyl (C=O) groups is 2. The third-order valence-electron chi connectivity index (χ3n) is 4.95. The van der Waals surface area contributed by atoms with Crippen LogP contribution in [0.5, 0.6) is 5.75 Å². The van der Waals surface area contributed by atoms with Crippen LogP contribution in [0.2, 0.25) is 0 Å². The number of anilines is 1. The molecule has 0 atom stereocenters. The van der Waals surface area contributed by atoms with E-state index in [1.807, 2.05) is 12.1 Å². The van der Waals surface area contributed by atoms with E-state index in [0.29, 0.717) is 11.4 Å². The second-order valence-electron chi connectivity index (χ2n) is 6.92. The standard InChI is InChI=1S/C19H26BrN3O3/c1-2-3-8-22-9-6-15(7-10-22)21-18(24)12-23-16-5-4-14(20)11-17(16)26-13-19(23)25/h4-5,11,15H,2-3,6-10,12-13H2,1H3,(H,21,24). The molecular weight excluding hydrogens is 398 g/mol. The van der Waals surface area contributed by atoms with Crippen LogP contribution in [0, 0.1) is 0 Å². The van der Waals surface area contributed by atoms with Gasteiger partial charge in [0, 0.05) is 23.6 Å². The molecule has 0 radical (unpaired) electrons. The van der Waals surface area contributed by atoms with E-state index in [9.17, 15) is 9.59 Å². The summed E-state index contributed by atoms with van der Waals surface area (Å²) in [5.41, 5.74) is 0.647. The van der Waals surface area contributed by atoms with Crippen molar-refractivity contribution < 1.29 is 14.3 Å². The number of amides is 2. The van der Waals surface area contributed by atoms with E-state index < -0.39 is 0 Å². The molecule has 2 aliphatic rings. The van der Waals surface area contributed by atoms with Gasteiger partial charge in [0.2, 0.25) is 5.91 Å². The Morgan fingerprint density at radius 3 is 2.85 bits per heavy atom. The number of ether oxygens (including phenoxy) is 1. The highest BCUT2D eigenvalue weighted by Gasteiger charge is 2.28. The van der Waals surface area contributed by atoms with E-state index in [0.717, 1.165) is 36.9 Å². The fraction of sp³-hybridized carbons (Fsp3) is 0.579. The Labute approximate surface area is 163 Å². The maximum absolute atomic E-state index is 12.5. The molecule has 1 N–H and O–H groups in total. The molecule has 0 spiro atoms. The molecule has 7 heteroatoms. The highest BCUT2D eigenvalue weighted by molar-refractivity contribution is 9.10. The summed E-state index contributed by atoms with van der Waals surface area (Å²) in [6.45, 7) is 5.40. The number of halogens is 1. The van der Waals surface area contributed by atoms with Crippen molar-refractivity contribution in [1.82, 2.24) is 10.2 Å². The Morgan fingerprint density at radius 1 is 1.35 bits per heavy atom. The van der Waals surface area contributed by atoms with Crippen molar-refractivity contribution >= 4 is 33.4 Å². The van der Waals surface area contributed by atoms with Gasteiger partial charge in [-0.25, -0.2) is 0 Å².